The van der Waals surface area contributed by atoms with Crippen molar-refractivity contribution in [3.05, 3.63) is 24.3 Å². The van der Waals surface area contributed by atoms with Crippen molar-refractivity contribution < 1.29 is 4.74 Å². The number of nitrogens with zero attached hydrogens (tertiary/aromatic N) is 1. The van der Waals surface area contributed by atoms with E-state index < -0.39 is 0 Å². The lowest BCUT2D eigenvalue weighted by Gasteiger charge is -2.20. The molecule has 3 nitrogen and oxygen atoms in total. The molecule has 0 bridgehead atoms. The van der Waals surface area contributed by atoms with Crippen molar-refractivity contribution in [2.75, 3.05) is 32.0 Å². The maximum atomic E-state index is 5.76. The molecule has 1 aliphatic heterocycles. The Morgan fingerprint density at radius 1 is 1.32 bits per heavy atom. The third kappa shape index (κ3) is 4.75. The van der Waals surface area contributed by atoms with Crippen LogP contribution in [0.3, 0.4) is 0 Å². The van der Waals surface area contributed by atoms with Gasteiger partial charge >= 0.3 is 0 Å². The monoisotopic (exact) mass is 262 g/mol. The van der Waals surface area contributed by atoms with Gasteiger partial charge in [-0.2, -0.15) is 0 Å². The minimum absolute atomic E-state index is 0.750. The molecule has 19 heavy (non-hydrogen) atoms. The van der Waals surface area contributed by atoms with E-state index in [1.807, 2.05) is 24.3 Å². The van der Waals surface area contributed by atoms with Crippen molar-refractivity contribution in [2.45, 2.75) is 32.6 Å². The minimum Gasteiger partial charge on any atom is -0.492 e. The van der Waals surface area contributed by atoms with Gasteiger partial charge in [0.25, 0.3) is 0 Å². The molecule has 1 fully saturated rings. The first-order valence-electron chi connectivity index (χ1n) is 7.48. The Balaban J connectivity index is 1.70. The van der Waals surface area contributed by atoms with Crippen LogP contribution in [0.1, 0.15) is 32.6 Å². The number of anilines is 1. The number of benzene rings is 1. The molecule has 0 aliphatic carbocycles. The lowest BCUT2D eigenvalue weighted by molar-refractivity contribution is 0.212. The van der Waals surface area contributed by atoms with Gasteiger partial charge in [-0.1, -0.05) is 19.4 Å². The zero-order chi connectivity index (χ0) is 13.5. The van der Waals surface area contributed by atoms with E-state index in [1.165, 1.54) is 38.8 Å². The molecule has 1 aliphatic rings. The van der Waals surface area contributed by atoms with Gasteiger partial charge in [-0.3, -0.25) is 4.90 Å². The molecule has 1 aromatic rings. The fraction of sp³-hybridized carbons (Fsp3) is 0.625. The molecular weight excluding hydrogens is 236 g/mol. The van der Waals surface area contributed by atoms with Crippen LogP contribution in [0.25, 0.3) is 0 Å². The Bertz CT molecular complexity index is 381. The molecule has 0 aromatic heterocycles. The van der Waals surface area contributed by atoms with Crippen molar-refractivity contribution in [2.24, 2.45) is 5.92 Å². The summed E-state index contributed by atoms with van der Waals surface area (Å²) >= 11 is 0. The Labute approximate surface area is 116 Å². The number of likely N-dealkylation sites (tertiary alicyclic amines) is 1. The maximum absolute atomic E-state index is 5.76. The highest BCUT2D eigenvalue weighted by Gasteiger charge is 2.15. The SMILES string of the molecule is CCC1CCCN(CCOc2cccc(N)c2)CC1. The third-order valence-electron chi connectivity index (χ3n) is 4.05. The summed E-state index contributed by atoms with van der Waals surface area (Å²) in [5, 5.41) is 0. The molecule has 106 valence electrons. The molecule has 2 rings (SSSR count). The van der Waals surface area contributed by atoms with Gasteiger partial charge in [-0.05, 0) is 50.4 Å². The first kappa shape index (κ1) is 14.2. The number of nitrogen functional groups attached to an aromatic ring is 1. The zero-order valence-corrected chi connectivity index (χ0v) is 12.0. The van der Waals surface area contributed by atoms with E-state index in [4.69, 9.17) is 10.5 Å². The van der Waals surface area contributed by atoms with Crippen molar-refractivity contribution in [3.8, 4) is 5.75 Å². The molecule has 1 aromatic carbocycles. The maximum Gasteiger partial charge on any atom is 0.121 e. The highest BCUT2D eigenvalue weighted by Crippen LogP contribution is 2.20. The van der Waals surface area contributed by atoms with Crippen molar-refractivity contribution in [1.82, 2.24) is 4.90 Å². The summed E-state index contributed by atoms with van der Waals surface area (Å²) in [6.45, 7) is 6.52. The number of nitrogens with two attached hydrogens (primary N) is 1. The normalized spacial score (nSPS) is 21.0. The van der Waals surface area contributed by atoms with Crippen LogP contribution in [-0.4, -0.2) is 31.1 Å². The second kappa shape index (κ2) is 7.39. The second-order valence-corrected chi connectivity index (χ2v) is 5.47. The van der Waals surface area contributed by atoms with Crippen LogP contribution in [0.5, 0.6) is 5.75 Å². The fourth-order valence-electron chi connectivity index (χ4n) is 2.75. The van der Waals surface area contributed by atoms with Gasteiger partial charge in [-0.15, -0.1) is 0 Å². The zero-order valence-electron chi connectivity index (χ0n) is 12.0. The van der Waals surface area contributed by atoms with E-state index in [-0.39, 0.29) is 0 Å². The average molecular weight is 262 g/mol. The van der Waals surface area contributed by atoms with E-state index >= 15 is 0 Å². The predicted octanol–water partition coefficient (Wildman–Crippen LogP) is 3.16. The summed E-state index contributed by atoms with van der Waals surface area (Å²) in [6, 6.07) is 7.66. The van der Waals surface area contributed by atoms with E-state index in [2.05, 4.69) is 11.8 Å². The standard InChI is InChI=1S/C16H26N2O/c1-2-14-5-4-9-18(10-8-14)11-12-19-16-7-3-6-15(17)13-16/h3,6-7,13-14H,2,4-5,8-12,17H2,1H3. The second-order valence-electron chi connectivity index (χ2n) is 5.47. The number of hydrogen-bond acceptors (Lipinski definition) is 3. The summed E-state index contributed by atoms with van der Waals surface area (Å²) < 4.78 is 5.76. The van der Waals surface area contributed by atoms with Gasteiger partial charge in [0.15, 0.2) is 0 Å². The molecule has 1 unspecified atom stereocenters. The average Bonchev–Trinajstić information content (AvgIpc) is 2.64. The summed E-state index contributed by atoms with van der Waals surface area (Å²) in [7, 11) is 0. The Morgan fingerprint density at radius 2 is 2.21 bits per heavy atom. The van der Waals surface area contributed by atoms with Crippen molar-refractivity contribution in [1.29, 1.82) is 0 Å². The number of hydrogen-bond donors (Lipinski definition) is 1. The molecule has 1 heterocycles. The Hall–Kier alpha value is -1.22. The van der Waals surface area contributed by atoms with E-state index in [0.717, 1.165) is 30.5 Å². The van der Waals surface area contributed by atoms with Crippen LogP contribution in [-0.2, 0) is 0 Å². The summed E-state index contributed by atoms with van der Waals surface area (Å²) in [6.07, 6.45) is 5.39. The minimum atomic E-state index is 0.750. The molecule has 0 amide bonds. The first-order valence-corrected chi connectivity index (χ1v) is 7.48. The molecule has 0 spiro atoms. The molecule has 0 saturated carbocycles. The molecule has 1 atom stereocenters. The Kier molecular flexibility index (Phi) is 5.52. The van der Waals surface area contributed by atoms with E-state index in [1.54, 1.807) is 0 Å². The lowest BCUT2D eigenvalue weighted by Crippen LogP contribution is -2.29. The summed E-state index contributed by atoms with van der Waals surface area (Å²) in [5.41, 5.74) is 6.50. The van der Waals surface area contributed by atoms with Gasteiger partial charge in [0.2, 0.25) is 0 Å². The van der Waals surface area contributed by atoms with Gasteiger partial charge in [0, 0.05) is 18.3 Å². The fourth-order valence-corrected chi connectivity index (χ4v) is 2.75. The van der Waals surface area contributed by atoms with Crippen molar-refractivity contribution >= 4 is 5.69 Å². The van der Waals surface area contributed by atoms with E-state index in [0.29, 0.717) is 0 Å². The number of rotatable bonds is 5. The quantitative estimate of drug-likeness (QED) is 0.828. The topological polar surface area (TPSA) is 38.5 Å². The van der Waals surface area contributed by atoms with Crippen LogP contribution in [0.15, 0.2) is 24.3 Å². The molecule has 2 N–H and O–H groups in total. The summed E-state index contributed by atoms with van der Waals surface area (Å²) in [4.78, 5) is 2.53. The van der Waals surface area contributed by atoms with Crippen LogP contribution in [0.2, 0.25) is 0 Å². The highest BCUT2D eigenvalue weighted by atomic mass is 16.5. The van der Waals surface area contributed by atoms with Gasteiger partial charge in [-0.25, -0.2) is 0 Å². The van der Waals surface area contributed by atoms with Crippen LogP contribution in [0, 0.1) is 5.92 Å². The van der Waals surface area contributed by atoms with Crippen molar-refractivity contribution in [3.63, 3.8) is 0 Å². The molecule has 3 heteroatoms. The smallest absolute Gasteiger partial charge is 0.121 e. The van der Waals surface area contributed by atoms with Gasteiger partial charge in [0.05, 0.1) is 0 Å². The highest BCUT2D eigenvalue weighted by molar-refractivity contribution is 5.43. The first-order chi connectivity index (χ1) is 9.28. The molecule has 0 radical (unpaired) electrons. The molecule has 1 saturated heterocycles. The largest absolute Gasteiger partial charge is 0.492 e. The van der Waals surface area contributed by atoms with Crippen LogP contribution in [0.4, 0.5) is 5.69 Å². The lowest BCUT2D eigenvalue weighted by atomic mass is 9.98. The predicted molar refractivity (Wildman–Crippen MR) is 80.4 cm³/mol. The van der Waals surface area contributed by atoms with Gasteiger partial charge < -0.3 is 10.5 Å². The van der Waals surface area contributed by atoms with Crippen LogP contribution >= 0.6 is 0 Å². The van der Waals surface area contributed by atoms with Gasteiger partial charge in [0.1, 0.15) is 12.4 Å². The van der Waals surface area contributed by atoms with E-state index in [9.17, 15) is 0 Å². The van der Waals surface area contributed by atoms with Crippen LogP contribution < -0.4 is 10.5 Å². The summed E-state index contributed by atoms with van der Waals surface area (Å²) in [5.74, 6) is 1.81. The Morgan fingerprint density at radius 3 is 3.00 bits per heavy atom. The molecular formula is C16H26N2O. The third-order valence-corrected chi connectivity index (χ3v) is 4.05. The number of ether oxygens (including phenoxy) is 1.